The van der Waals surface area contributed by atoms with Crippen LogP contribution in [0.25, 0.3) is 0 Å². The Bertz CT molecular complexity index is 473. The van der Waals surface area contributed by atoms with Crippen molar-refractivity contribution < 1.29 is 4.79 Å². The Morgan fingerprint density at radius 3 is 2.31 bits per heavy atom. The summed E-state index contributed by atoms with van der Waals surface area (Å²) < 4.78 is 0. The summed E-state index contributed by atoms with van der Waals surface area (Å²) in [6, 6.07) is 9.91. The van der Waals surface area contributed by atoms with E-state index in [9.17, 15) is 4.79 Å². The second-order valence-electron chi connectivity index (χ2n) is 3.67. The molecule has 0 bridgehead atoms. The van der Waals surface area contributed by atoms with E-state index in [2.05, 4.69) is 0 Å². The molecule has 1 amide bonds. The Balaban J connectivity index is 2.41. The van der Waals surface area contributed by atoms with Crippen molar-refractivity contribution in [3.05, 3.63) is 46.7 Å². The molecule has 0 unspecified atom stereocenters. The number of aryl methyl sites for hydroxylation is 1. The lowest BCUT2D eigenvalue weighted by Gasteiger charge is -2.19. The van der Waals surface area contributed by atoms with Gasteiger partial charge in [0.1, 0.15) is 0 Å². The molecule has 0 radical (unpaired) electrons. The summed E-state index contributed by atoms with van der Waals surface area (Å²) in [6.07, 6.45) is 0. The van der Waals surface area contributed by atoms with Crippen LogP contribution >= 0.6 is 11.3 Å². The van der Waals surface area contributed by atoms with Crippen LogP contribution in [-0.2, 0) is 4.79 Å². The maximum Gasteiger partial charge on any atom is 0.228 e. The van der Waals surface area contributed by atoms with Gasteiger partial charge in [-0.1, -0.05) is 17.7 Å². The molecular weight excluding hydrogens is 218 g/mol. The topological polar surface area (TPSA) is 20.3 Å². The van der Waals surface area contributed by atoms with E-state index < -0.39 is 0 Å². The maximum absolute atomic E-state index is 11.7. The van der Waals surface area contributed by atoms with Gasteiger partial charge in [0.15, 0.2) is 0 Å². The number of amides is 1. The van der Waals surface area contributed by atoms with E-state index in [0.29, 0.717) is 0 Å². The molecule has 2 aromatic rings. The van der Waals surface area contributed by atoms with Crippen molar-refractivity contribution in [2.24, 2.45) is 0 Å². The minimum atomic E-state index is 0.0299. The predicted molar refractivity (Wildman–Crippen MR) is 68.3 cm³/mol. The third-order valence-electron chi connectivity index (χ3n) is 2.37. The number of thiophene rings is 1. The van der Waals surface area contributed by atoms with E-state index in [1.54, 1.807) is 23.2 Å². The van der Waals surface area contributed by atoms with Gasteiger partial charge in [0, 0.05) is 18.0 Å². The Morgan fingerprint density at radius 1 is 1.12 bits per heavy atom. The van der Waals surface area contributed by atoms with Crippen LogP contribution in [0.2, 0.25) is 0 Å². The summed E-state index contributed by atoms with van der Waals surface area (Å²) >= 11 is 1.59. The van der Waals surface area contributed by atoms with E-state index in [0.717, 1.165) is 11.4 Å². The zero-order chi connectivity index (χ0) is 11.5. The Hall–Kier alpha value is -1.61. The molecule has 0 aliphatic carbocycles. The van der Waals surface area contributed by atoms with Crippen molar-refractivity contribution >= 4 is 28.6 Å². The van der Waals surface area contributed by atoms with Gasteiger partial charge in [-0.3, -0.25) is 9.69 Å². The SMILES string of the molecule is CC(=O)N(c1ccc(C)cc1)c1ccsc1. The van der Waals surface area contributed by atoms with E-state index in [1.807, 2.05) is 48.0 Å². The molecule has 82 valence electrons. The normalized spacial score (nSPS) is 10.1. The first kappa shape index (κ1) is 10.9. The van der Waals surface area contributed by atoms with E-state index in [-0.39, 0.29) is 5.91 Å². The van der Waals surface area contributed by atoms with Crippen molar-refractivity contribution in [3.8, 4) is 0 Å². The molecule has 1 aromatic carbocycles. The molecular formula is C13H13NOS. The number of anilines is 2. The third-order valence-corrected chi connectivity index (χ3v) is 3.04. The molecule has 1 aromatic heterocycles. The maximum atomic E-state index is 11.7. The highest BCUT2D eigenvalue weighted by molar-refractivity contribution is 7.08. The minimum absolute atomic E-state index is 0.0299. The van der Waals surface area contributed by atoms with Crippen LogP contribution in [-0.4, -0.2) is 5.91 Å². The quantitative estimate of drug-likeness (QED) is 0.771. The van der Waals surface area contributed by atoms with E-state index >= 15 is 0 Å². The van der Waals surface area contributed by atoms with Crippen molar-refractivity contribution in [1.82, 2.24) is 0 Å². The van der Waals surface area contributed by atoms with Crippen LogP contribution in [0.15, 0.2) is 41.1 Å². The lowest BCUT2D eigenvalue weighted by Crippen LogP contribution is -2.21. The molecule has 2 rings (SSSR count). The molecule has 0 spiro atoms. The second kappa shape index (κ2) is 4.49. The summed E-state index contributed by atoms with van der Waals surface area (Å²) in [4.78, 5) is 13.4. The minimum Gasteiger partial charge on any atom is -0.280 e. The molecule has 16 heavy (non-hydrogen) atoms. The summed E-state index contributed by atoms with van der Waals surface area (Å²) in [5, 5.41) is 3.95. The van der Waals surface area contributed by atoms with Gasteiger partial charge in [-0.15, -0.1) is 0 Å². The summed E-state index contributed by atoms with van der Waals surface area (Å²) in [6.45, 7) is 3.62. The molecule has 1 heterocycles. The van der Waals surface area contributed by atoms with Crippen LogP contribution in [0.5, 0.6) is 0 Å². The van der Waals surface area contributed by atoms with Crippen molar-refractivity contribution in [2.75, 3.05) is 4.90 Å². The zero-order valence-corrected chi connectivity index (χ0v) is 10.1. The highest BCUT2D eigenvalue weighted by Gasteiger charge is 2.13. The predicted octanol–water partition coefficient (Wildman–Crippen LogP) is 3.74. The van der Waals surface area contributed by atoms with Crippen LogP contribution < -0.4 is 4.90 Å². The van der Waals surface area contributed by atoms with Crippen LogP contribution in [0, 0.1) is 6.92 Å². The van der Waals surface area contributed by atoms with Gasteiger partial charge in [-0.05, 0) is 30.5 Å². The number of hydrogen-bond acceptors (Lipinski definition) is 2. The number of nitrogens with zero attached hydrogens (tertiary/aromatic N) is 1. The van der Waals surface area contributed by atoms with Gasteiger partial charge in [0.25, 0.3) is 0 Å². The number of hydrogen-bond donors (Lipinski definition) is 0. The molecule has 3 heteroatoms. The fraction of sp³-hybridized carbons (Fsp3) is 0.154. The molecule has 2 nitrogen and oxygen atoms in total. The first-order valence-corrected chi connectivity index (χ1v) is 6.02. The van der Waals surface area contributed by atoms with Crippen molar-refractivity contribution in [3.63, 3.8) is 0 Å². The van der Waals surface area contributed by atoms with Gasteiger partial charge < -0.3 is 0 Å². The Morgan fingerprint density at radius 2 is 1.81 bits per heavy atom. The Kier molecular flexibility index (Phi) is 3.06. The lowest BCUT2D eigenvalue weighted by atomic mass is 10.2. The standard InChI is InChI=1S/C13H13NOS/c1-10-3-5-12(6-4-10)14(11(2)15)13-7-8-16-9-13/h3-9H,1-2H3. The van der Waals surface area contributed by atoms with Crippen LogP contribution in [0.3, 0.4) is 0 Å². The van der Waals surface area contributed by atoms with E-state index in [1.165, 1.54) is 5.56 Å². The number of benzene rings is 1. The fourth-order valence-corrected chi connectivity index (χ4v) is 2.21. The number of rotatable bonds is 2. The lowest BCUT2D eigenvalue weighted by molar-refractivity contribution is -0.115. The summed E-state index contributed by atoms with van der Waals surface area (Å²) in [5.41, 5.74) is 3.04. The number of carbonyl (C=O) groups is 1. The smallest absolute Gasteiger partial charge is 0.228 e. The highest BCUT2D eigenvalue weighted by Crippen LogP contribution is 2.27. The first-order valence-electron chi connectivity index (χ1n) is 5.08. The molecule has 0 saturated heterocycles. The monoisotopic (exact) mass is 231 g/mol. The largest absolute Gasteiger partial charge is 0.280 e. The molecule has 0 N–H and O–H groups in total. The van der Waals surface area contributed by atoms with E-state index in [4.69, 9.17) is 0 Å². The van der Waals surface area contributed by atoms with Crippen molar-refractivity contribution in [1.29, 1.82) is 0 Å². The first-order chi connectivity index (χ1) is 7.68. The van der Waals surface area contributed by atoms with Crippen molar-refractivity contribution in [2.45, 2.75) is 13.8 Å². The van der Waals surface area contributed by atoms with Gasteiger partial charge in [-0.2, -0.15) is 11.3 Å². The van der Waals surface area contributed by atoms with Gasteiger partial charge in [0.05, 0.1) is 5.69 Å². The van der Waals surface area contributed by atoms with Crippen LogP contribution in [0.4, 0.5) is 11.4 Å². The van der Waals surface area contributed by atoms with Crippen LogP contribution in [0.1, 0.15) is 12.5 Å². The number of carbonyl (C=O) groups excluding carboxylic acids is 1. The molecule has 0 saturated carbocycles. The van der Waals surface area contributed by atoms with Gasteiger partial charge >= 0.3 is 0 Å². The molecule has 0 atom stereocenters. The Labute approximate surface area is 99.1 Å². The second-order valence-corrected chi connectivity index (χ2v) is 4.45. The summed E-state index contributed by atoms with van der Waals surface area (Å²) in [5.74, 6) is 0.0299. The van der Waals surface area contributed by atoms with Gasteiger partial charge in [0.2, 0.25) is 5.91 Å². The fourth-order valence-electron chi connectivity index (χ4n) is 1.59. The summed E-state index contributed by atoms with van der Waals surface area (Å²) in [7, 11) is 0. The molecule has 0 aliphatic rings. The average Bonchev–Trinajstić information content (AvgIpc) is 2.74. The van der Waals surface area contributed by atoms with Gasteiger partial charge in [-0.25, -0.2) is 0 Å². The molecule has 0 fully saturated rings. The zero-order valence-electron chi connectivity index (χ0n) is 9.31. The highest BCUT2D eigenvalue weighted by atomic mass is 32.1. The molecule has 0 aliphatic heterocycles. The third kappa shape index (κ3) is 2.14. The average molecular weight is 231 g/mol.